The van der Waals surface area contributed by atoms with E-state index in [1.165, 1.54) is 12.3 Å². The highest BCUT2D eigenvalue weighted by Crippen LogP contribution is 2.37. The molecule has 18 heavy (non-hydrogen) atoms. The summed E-state index contributed by atoms with van der Waals surface area (Å²) in [4.78, 5) is 10.8. The highest BCUT2D eigenvalue weighted by atomic mass is 35.5. The van der Waals surface area contributed by atoms with Crippen molar-refractivity contribution in [2.24, 2.45) is 0 Å². The third-order valence-electron chi connectivity index (χ3n) is 2.68. The summed E-state index contributed by atoms with van der Waals surface area (Å²) in [6.07, 6.45) is 1.38. The molecule has 2 rings (SSSR count). The van der Waals surface area contributed by atoms with Gasteiger partial charge in [0, 0.05) is 16.1 Å². The van der Waals surface area contributed by atoms with Gasteiger partial charge < -0.3 is 14.3 Å². The van der Waals surface area contributed by atoms with Crippen LogP contribution in [0.4, 0.5) is 0 Å². The number of hydrogen-bond acceptors (Lipinski definition) is 3. The molecule has 0 fully saturated rings. The zero-order chi connectivity index (χ0) is 13.3. The number of carbonyl (C=O) groups is 1. The molecule has 1 N–H and O–H groups in total. The first-order chi connectivity index (χ1) is 8.54. The summed E-state index contributed by atoms with van der Waals surface area (Å²) in [5.41, 5.74) is 2.18. The fourth-order valence-electron chi connectivity index (χ4n) is 1.77. The van der Waals surface area contributed by atoms with Gasteiger partial charge in [-0.2, -0.15) is 0 Å². The maximum Gasteiger partial charge on any atom is 0.371 e. The van der Waals surface area contributed by atoms with E-state index in [4.69, 9.17) is 25.9 Å². The number of ether oxygens (including phenoxy) is 1. The molecule has 0 atom stereocenters. The number of hydrogen-bond donors (Lipinski definition) is 1. The monoisotopic (exact) mass is 266 g/mol. The summed E-state index contributed by atoms with van der Waals surface area (Å²) >= 11 is 6.06. The van der Waals surface area contributed by atoms with Crippen LogP contribution >= 0.6 is 11.6 Å². The molecule has 4 nitrogen and oxygen atoms in total. The van der Waals surface area contributed by atoms with Crippen molar-refractivity contribution in [2.45, 2.75) is 6.92 Å². The first-order valence-corrected chi connectivity index (χ1v) is 5.57. The molecule has 94 valence electrons. The predicted octanol–water partition coefficient (Wildman–Crippen LogP) is 3.62. The predicted molar refractivity (Wildman–Crippen MR) is 67.4 cm³/mol. The summed E-state index contributed by atoms with van der Waals surface area (Å²) in [5, 5.41) is 9.43. The Kier molecular flexibility index (Phi) is 3.30. The molecule has 0 saturated carbocycles. The standard InChI is InChI=1S/C13H11ClO4/c1-7-9(14)3-4-10(17-2)12(7)8-5-11(13(15)16)18-6-8/h3-6H,1-2H3,(H,15,16). The minimum atomic E-state index is -1.11. The lowest BCUT2D eigenvalue weighted by Crippen LogP contribution is -1.93. The van der Waals surface area contributed by atoms with Gasteiger partial charge in [-0.3, -0.25) is 0 Å². The molecule has 1 aromatic heterocycles. The molecule has 0 bridgehead atoms. The summed E-state index contributed by atoms with van der Waals surface area (Å²) in [5.74, 6) is -0.610. The van der Waals surface area contributed by atoms with E-state index in [0.29, 0.717) is 16.3 Å². The average molecular weight is 267 g/mol. The highest BCUT2D eigenvalue weighted by molar-refractivity contribution is 6.31. The van der Waals surface area contributed by atoms with Crippen LogP contribution in [-0.2, 0) is 0 Å². The molecule has 0 spiro atoms. The van der Waals surface area contributed by atoms with Crippen LogP contribution in [0.2, 0.25) is 5.02 Å². The van der Waals surface area contributed by atoms with Gasteiger partial charge in [0.2, 0.25) is 5.76 Å². The van der Waals surface area contributed by atoms with Crippen molar-refractivity contribution in [3.05, 3.63) is 40.8 Å². The Hall–Kier alpha value is -1.94. The quantitative estimate of drug-likeness (QED) is 0.922. The summed E-state index contributed by atoms with van der Waals surface area (Å²) < 4.78 is 10.2. The van der Waals surface area contributed by atoms with Crippen LogP contribution in [0.3, 0.4) is 0 Å². The van der Waals surface area contributed by atoms with Crippen LogP contribution in [0.15, 0.2) is 28.9 Å². The number of rotatable bonds is 3. The molecule has 0 unspecified atom stereocenters. The van der Waals surface area contributed by atoms with Crippen molar-refractivity contribution in [1.82, 2.24) is 0 Å². The van der Waals surface area contributed by atoms with Gasteiger partial charge >= 0.3 is 5.97 Å². The van der Waals surface area contributed by atoms with Gasteiger partial charge in [-0.15, -0.1) is 0 Å². The maximum atomic E-state index is 10.8. The van der Waals surface area contributed by atoms with E-state index in [0.717, 1.165) is 11.1 Å². The van der Waals surface area contributed by atoms with Crippen molar-refractivity contribution in [1.29, 1.82) is 0 Å². The van der Waals surface area contributed by atoms with Crippen molar-refractivity contribution in [3.63, 3.8) is 0 Å². The number of benzene rings is 1. The third kappa shape index (κ3) is 2.07. The summed E-state index contributed by atoms with van der Waals surface area (Å²) in [6, 6.07) is 4.92. The van der Waals surface area contributed by atoms with Crippen LogP contribution in [0, 0.1) is 6.92 Å². The average Bonchev–Trinajstić information content (AvgIpc) is 2.81. The van der Waals surface area contributed by atoms with Gasteiger partial charge in [0.15, 0.2) is 0 Å². The van der Waals surface area contributed by atoms with Gasteiger partial charge in [-0.1, -0.05) is 11.6 Å². The Morgan fingerprint density at radius 1 is 1.44 bits per heavy atom. The van der Waals surface area contributed by atoms with E-state index in [2.05, 4.69) is 0 Å². The van der Waals surface area contributed by atoms with Crippen molar-refractivity contribution in [3.8, 4) is 16.9 Å². The molecule has 0 aliphatic heterocycles. The van der Waals surface area contributed by atoms with Crippen LogP contribution in [0.1, 0.15) is 16.1 Å². The minimum Gasteiger partial charge on any atom is -0.496 e. The topological polar surface area (TPSA) is 59.7 Å². The zero-order valence-electron chi connectivity index (χ0n) is 9.86. The lowest BCUT2D eigenvalue weighted by Gasteiger charge is -2.11. The molecule has 0 saturated heterocycles. The van der Waals surface area contributed by atoms with Gasteiger partial charge in [0.1, 0.15) is 5.75 Å². The Balaban J connectivity index is 2.61. The Morgan fingerprint density at radius 2 is 2.17 bits per heavy atom. The smallest absolute Gasteiger partial charge is 0.371 e. The number of carboxylic acid groups (broad SMARTS) is 1. The van der Waals surface area contributed by atoms with E-state index in [1.54, 1.807) is 19.2 Å². The van der Waals surface area contributed by atoms with Gasteiger partial charge in [0.05, 0.1) is 13.4 Å². The van der Waals surface area contributed by atoms with Gasteiger partial charge in [-0.05, 0) is 30.7 Å². The molecule has 0 amide bonds. The molecule has 1 aromatic carbocycles. The van der Waals surface area contributed by atoms with E-state index >= 15 is 0 Å². The summed E-state index contributed by atoms with van der Waals surface area (Å²) in [6.45, 7) is 1.84. The number of furan rings is 1. The highest BCUT2D eigenvalue weighted by Gasteiger charge is 2.16. The van der Waals surface area contributed by atoms with E-state index < -0.39 is 5.97 Å². The van der Waals surface area contributed by atoms with Crippen molar-refractivity contribution < 1.29 is 19.1 Å². The first-order valence-electron chi connectivity index (χ1n) is 5.20. The lowest BCUT2D eigenvalue weighted by molar-refractivity contribution is 0.0662. The fourth-order valence-corrected chi connectivity index (χ4v) is 1.93. The first kappa shape index (κ1) is 12.5. The molecule has 0 aliphatic carbocycles. The number of methoxy groups -OCH3 is 1. The van der Waals surface area contributed by atoms with Crippen LogP contribution in [0.5, 0.6) is 5.75 Å². The lowest BCUT2D eigenvalue weighted by atomic mass is 10.0. The second-order valence-corrected chi connectivity index (χ2v) is 4.16. The Labute approximate surface area is 109 Å². The van der Waals surface area contributed by atoms with Gasteiger partial charge in [0.25, 0.3) is 0 Å². The maximum absolute atomic E-state index is 10.8. The largest absolute Gasteiger partial charge is 0.496 e. The minimum absolute atomic E-state index is 0.119. The number of aromatic carboxylic acids is 1. The SMILES string of the molecule is COc1ccc(Cl)c(C)c1-c1coc(C(=O)O)c1. The van der Waals surface area contributed by atoms with E-state index in [-0.39, 0.29) is 5.76 Å². The Morgan fingerprint density at radius 3 is 2.72 bits per heavy atom. The molecule has 2 aromatic rings. The second-order valence-electron chi connectivity index (χ2n) is 3.75. The molecule has 0 radical (unpaired) electrons. The third-order valence-corrected chi connectivity index (χ3v) is 3.09. The van der Waals surface area contributed by atoms with Crippen LogP contribution < -0.4 is 4.74 Å². The summed E-state index contributed by atoms with van der Waals surface area (Å²) in [7, 11) is 1.55. The van der Waals surface area contributed by atoms with E-state index in [1.807, 2.05) is 6.92 Å². The number of halogens is 1. The Bertz CT molecular complexity index is 601. The second kappa shape index (κ2) is 4.74. The van der Waals surface area contributed by atoms with Gasteiger partial charge in [-0.25, -0.2) is 4.79 Å². The molecule has 1 heterocycles. The molecular weight excluding hydrogens is 256 g/mol. The van der Waals surface area contributed by atoms with Crippen LogP contribution in [0.25, 0.3) is 11.1 Å². The molecule has 5 heteroatoms. The number of carboxylic acids is 1. The van der Waals surface area contributed by atoms with E-state index in [9.17, 15) is 4.79 Å². The van der Waals surface area contributed by atoms with Crippen molar-refractivity contribution in [2.75, 3.05) is 7.11 Å². The normalized spacial score (nSPS) is 10.4. The molecule has 0 aliphatic rings. The van der Waals surface area contributed by atoms with Crippen molar-refractivity contribution >= 4 is 17.6 Å². The molecular formula is C13H11ClO4. The van der Waals surface area contributed by atoms with Crippen LogP contribution in [-0.4, -0.2) is 18.2 Å². The fraction of sp³-hybridized carbons (Fsp3) is 0.154. The zero-order valence-corrected chi connectivity index (χ0v) is 10.6.